The first-order valence-corrected chi connectivity index (χ1v) is 4.87. The van der Waals surface area contributed by atoms with E-state index < -0.39 is 5.41 Å². The van der Waals surface area contributed by atoms with Crippen LogP contribution in [-0.2, 0) is 6.42 Å². The Labute approximate surface area is 88.1 Å². The van der Waals surface area contributed by atoms with Gasteiger partial charge in [-0.3, -0.25) is 4.79 Å². The number of Topliss-reactive ketones (excluding diaryl/α,β-unsaturated/α-hetero) is 1. The smallest absolute Gasteiger partial charge is 0.172 e. The lowest BCUT2D eigenvalue weighted by Crippen LogP contribution is -2.19. The summed E-state index contributed by atoms with van der Waals surface area (Å²) in [7, 11) is 1.45. The third-order valence-electron chi connectivity index (χ3n) is 2.84. The van der Waals surface area contributed by atoms with Crippen LogP contribution in [0, 0.1) is 11.2 Å². The third-order valence-corrected chi connectivity index (χ3v) is 2.84. The number of fused-ring (bicyclic) bond motifs is 1. The maximum atomic E-state index is 13.2. The van der Waals surface area contributed by atoms with Gasteiger partial charge >= 0.3 is 0 Å². The number of carbonyl (C=O) groups excluding carboxylic acids is 1. The van der Waals surface area contributed by atoms with Crippen molar-refractivity contribution in [2.24, 2.45) is 5.41 Å². The van der Waals surface area contributed by atoms with Gasteiger partial charge in [-0.05, 0) is 18.1 Å². The molecule has 0 unspecified atom stereocenters. The molecule has 0 heterocycles. The van der Waals surface area contributed by atoms with E-state index in [1.807, 2.05) is 13.8 Å². The molecular weight excluding hydrogens is 195 g/mol. The topological polar surface area (TPSA) is 26.3 Å². The lowest BCUT2D eigenvalue weighted by Gasteiger charge is -2.13. The highest BCUT2D eigenvalue weighted by Gasteiger charge is 2.39. The summed E-state index contributed by atoms with van der Waals surface area (Å²) in [5.41, 5.74) is 0.856. The minimum absolute atomic E-state index is 0.0364. The van der Waals surface area contributed by atoms with E-state index in [9.17, 15) is 9.18 Å². The Morgan fingerprint density at radius 3 is 2.67 bits per heavy atom. The zero-order chi connectivity index (χ0) is 11.2. The maximum absolute atomic E-state index is 13.2. The van der Waals surface area contributed by atoms with Crippen LogP contribution in [-0.4, -0.2) is 12.9 Å². The van der Waals surface area contributed by atoms with E-state index in [2.05, 4.69) is 0 Å². The van der Waals surface area contributed by atoms with Crippen LogP contribution in [0.4, 0.5) is 4.39 Å². The van der Waals surface area contributed by atoms with Gasteiger partial charge in [0.15, 0.2) is 5.78 Å². The van der Waals surface area contributed by atoms with Crippen LogP contribution < -0.4 is 4.74 Å². The Morgan fingerprint density at radius 1 is 1.40 bits per heavy atom. The van der Waals surface area contributed by atoms with Gasteiger partial charge in [-0.2, -0.15) is 0 Å². The zero-order valence-corrected chi connectivity index (χ0v) is 9.06. The molecule has 0 radical (unpaired) electrons. The number of halogens is 1. The molecule has 0 amide bonds. The summed E-state index contributed by atoms with van der Waals surface area (Å²) in [5, 5.41) is 0. The molecule has 0 saturated heterocycles. The monoisotopic (exact) mass is 208 g/mol. The van der Waals surface area contributed by atoms with Crippen molar-refractivity contribution >= 4 is 5.78 Å². The van der Waals surface area contributed by atoms with E-state index >= 15 is 0 Å². The number of ether oxygens (including phenoxy) is 1. The summed E-state index contributed by atoms with van der Waals surface area (Å²) in [6.07, 6.45) is 0.579. The first kappa shape index (κ1) is 10.1. The van der Waals surface area contributed by atoms with E-state index in [0.29, 0.717) is 17.7 Å². The number of ketones is 1. The quantitative estimate of drug-likeness (QED) is 0.709. The first-order valence-electron chi connectivity index (χ1n) is 4.87. The molecule has 80 valence electrons. The average molecular weight is 208 g/mol. The summed E-state index contributed by atoms with van der Waals surface area (Å²) in [6, 6.07) is 2.68. The molecule has 0 spiro atoms. The van der Waals surface area contributed by atoms with Crippen molar-refractivity contribution in [2.45, 2.75) is 20.3 Å². The molecule has 0 bridgehead atoms. The number of methoxy groups -OCH3 is 1. The predicted octanol–water partition coefficient (Wildman–Crippen LogP) is 2.60. The fourth-order valence-electron chi connectivity index (χ4n) is 2.09. The molecule has 1 aromatic carbocycles. The van der Waals surface area contributed by atoms with Gasteiger partial charge in [-0.25, -0.2) is 4.39 Å². The molecule has 0 aromatic heterocycles. The van der Waals surface area contributed by atoms with Gasteiger partial charge in [0.1, 0.15) is 11.6 Å². The third kappa shape index (κ3) is 1.42. The Hall–Kier alpha value is -1.38. The molecule has 0 N–H and O–H groups in total. The Morgan fingerprint density at radius 2 is 2.07 bits per heavy atom. The van der Waals surface area contributed by atoms with Gasteiger partial charge < -0.3 is 4.74 Å². The average Bonchev–Trinajstić information content (AvgIpc) is 2.36. The van der Waals surface area contributed by atoms with Crippen molar-refractivity contribution in [3.05, 3.63) is 29.1 Å². The predicted molar refractivity (Wildman–Crippen MR) is 54.8 cm³/mol. The number of carbonyl (C=O) groups is 1. The molecule has 0 aliphatic heterocycles. The minimum atomic E-state index is -0.441. The number of hydrogen-bond donors (Lipinski definition) is 0. The summed E-state index contributed by atoms with van der Waals surface area (Å²) >= 11 is 0. The molecule has 0 saturated carbocycles. The maximum Gasteiger partial charge on any atom is 0.172 e. The van der Waals surface area contributed by atoms with Crippen molar-refractivity contribution in [2.75, 3.05) is 7.11 Å². The summed E-state index contributed by atoms with van der Waals surface area (Å²) in [5.74, 6) is 0.0334. The molecule has 0 atom stereocenters. The highest BCUT2D eigenvalue weighted by atomic mass is 19.1. The second kappa shape index (κ2) is 3.05. The highest BCUT2D eigenvalue weighted by molar-refractivity contribution is 6.06. The van der Waals surface area contributed by atoms with Crippen molar-refractivity contribution in [3.63, 3.8) is 0 Å². The van der Waals surface area contributed by atoms with E-state index in [-0.39, 0.29) is 11.6 Å². The van der Waals surface area contributed by atoms with Crippen LogP contribution in [0.5, 0.6) is 5.75 Å². The highest BCUT2D eigenvalue weighted by Crippen LogP contribution is 2.40. The Bertz CT molecular complexity index is 435. The molecular formula is C12H13FO2. The van der Waals surface area contributed by atoms with Crippen LogP contribution in [0.3, 0.4) is 0 Å². The van der Waals surface area contributed by atoms with Crippen LogP contribution in [0.25, 0.3) is 0 Å². The fraction of sp³-hybridized carbons (Fsp3) is 0.417. The van der Waals surface area contributed by atoms with Crippen molar-refractivity contribution in [1.82, 2.24) is 0 Å². The number of benzene rings is 1. The number of rotatable bonds is 1. The van der Waals surface area contributed by atoms with E-state index in [1.165, 1.54) is 19.2 Å². The van der Waals surface area contributed by atoms with Crippen molar-refractivity contribution < 1.29 is 13.9 Å². The van der Waals surface area contributed by atoms with Crippen LogP contribution >= 0.6 is 0 Å². The summed E-state index contributed by atoms with van der Waals surface area (Å²) in [6.45, 7) is 3.74. The van der Waals surface area contributed by atoms with Gasteiger partial charge in [0.05, 0.1) is 12.7 Å². The summed E-state index contributed by atoms with van der Waals surface area (Å²) in [4.78, 5) is 12.0. The van der Waals surface area contributed by atoms with E-state index in [1.54, 1.807) is 0 Å². The van der Waals surface area contributed by atoms with Crippen molar-refractivity contribution in [3.8, 4) is 5.75 Å². The van der Waals surface area contributed by atoms with E-state index in [0.717, 1.165) is 5.56 Å². The second-order valence-corrected chi connectivity index (χ2v) is 4.53. The largest absolute Gasteiger partial charge is 0.496 e. The fourth-order valence-corrected chi connectivity index (χ4v) is 2.09. The van der Waals surface area contributed by atoms with E-state index in [4.69, 9.17) is 4.74 Å². The lowest BCUT2D eigenvalue weighted by molar-refractivity contribution is 0.0861. The zero-order valence-electron chi connectivity index (χ0n) is 9.06. The van der Waals surface area contributed by atoms with Gasteiger partial charge in [0.2, 0.25) is 0 Å². The Kier molecular flexibility index (Phi) is 2.07. The molecule has 3 heteroatoms. The Balaban J connectivity index is 2.64. The van der Waals surface area contributed by atoms with Crippen LogP contribution in [0.1, 0.15) is 29.8 Å². The normalized spacial score (nSPS) is 17.7. The molecule has 1 aliphatic carbocycles. The molecule has 0 fully saturated rings. The van der Waals surface area contributed by atoms with Gasteiger partial charge in [-0.15, -0.1) is 0 Å². The van der Waals surface area contributed by atoms with Crippen LogP contribution in [0.15, 0.2) is 12.1 Å². The molecule has 1 aromatic rings. The van der Waals surface area contributed by atoms with Crippen LogP contribution in [0.2, 0.25) is 0 Å². The second-order valence-electron chi connectivity index (χ2n) is 4.53. The standard InChI is InChI=1S/C12H13FO2/c1-12(2)6-7-4-8(13)5-9(15-3)10(7)11(12)14/h4-5H,6H2,1-3H3. The molecule has 15 heavy (non-hydrogen) atoms. The number of hydrogen-bond acceptors (Lipinski definition) is 2. The van der Waals surface area contributed by atoms with Gasteiger partial charge in [0.25, 0.3) is 0 Å². The van der Waals surface area contributed by atoms with Gasteiger partial charge in [-0.1, -0.05) is 13.8 Å². The molecule has 1 aliphatic rings. The molecule has 2 nitrogen and oxygen atoms in total. The van der Waals surface area contributed by atoms with Gasteiger partial charge in [0, 0.05) is 11.5 Å². The summed E-state index contributed by atoms with van der Waals surface area (Å²) < 4.78 is 18.2. The SMILES string of the molecule is COc1cc(F)cc2c1C(=O)C(C)(C)C2. The molecule has 2 rings (SSSR count). The lowest BCUT2D eigenvalue weighted by atomic mass is 9.89. The minimum Gasteiger partial charge on any atom is -0.496 e. The first-order chi connectivity index (χ1) is 6.95. The van der Waals surface area contributed by atoms with Crippen molar-refractivity contribution in [1.29, 1.82) is 0 Å².